The maximum absolute atomic E-state index is 12.8. The van der Waals surface area contributed by atoms with Crippen LogP contribution in [-0.2, 0) is 32.6 Å². The predicted octanol–water partition coefficient (Wildman–Crippen LogP) is 7.17. The summed E-state index contributed by atoms with van der Waals surface area (Å²) in [6.45, 7) is 4.84. The number of likely N-dealkylation sites (N-methyl/N-ethyl adjacent to an activating group) is 1. The second kappa shape index (κ2) is 16.4. The van der Waals surface area contributed by atoms with Gasteiger partial charge in [0.05, 0.1) is 29.8 Å². The van der Waals surface area contributed by atoms with Gasteiger partial charge in [0.25, 0.3) is 0 Å². The highest BCUT2D eigenvalue weighted by molar-refractivity contribution is 7.89. The van der Waals surface area contributed by atoms with Gasteiger partial charge in [-0.05, 0) is 71.6 Å². The molecule has 5 aromatic carbocycles. The molecule has 0 unspecified atom stereocenters. The van der Waals surface area contributed by atoms with Crippen molar-refractivity contribution in [3.63, 3.8) is 0 Å². The standard InChI is InChI=1S/C42H46N2O6S/c1-29-39(27-44(3)30(2)40(46)33-13-6-4-7-14-33)49-42(50-41(29)34-22-20-31(28-45)21-23-34)37-17-11-16-36(25-37)35-15-10-12-32(24-35)26-43-51(47,48)38-18-8-5-9-19-38/h4-25,29-30,39-43,45-46H,26-28H2,1-3H3/t29-,30+,39+,40+,41+,42+/m1/s1. The predicted molar refractivity (Wildman–Crippen MR) is 199 cm³/mol. The van der Waals surface area contributed by atoms with Crippen LogP contribution in [-0.4, -0.2) is 49.3 Å². The largest absolute Gasteiger partial charge is 0.392 e. The normalized spacial score (nSPS) is 20.6. The van der Waals surface area contributed by atoms with Gasteiger partial charge in [-0.25, -0.2) is 13.1 Å². The molecule has 6 rings (SSSR count). The smallest absolute Gasteiger partial charge is 0.240 e. The van der Waals surface area contributed by atoms with Crippen LogP contribution in [0.1, 0.15) is 60.2 Å². The van der Waals surface area contributed by atoms with Gasteiger partial charge in [0.2, 0.25) is 10.0 Å². The van der Waals surface area contributed by atoms with Gasteiger partial charge in [0.15, 0.2) is 6.29 Å². The summed E-state index contributed by atoms with van der Waals surface area (Å²) in [6.07, 6.45) is -1.84. The second-order valence-corrected chi connectivity index (χ2v) is 15.1. The number of sulfonamides is 1. The SMILES string of the molecule is C[C@@H]1[C@H](CN(C)[C@@H](C)[C@H](O)c2ccccc2)O[C@H](c2cccc(-c3cccc(CNS(=O)(=O)c4ccccc4)c3)c2)O[C@@H]1c1ccc(CO)cc1. The first-order chi connectivity index (χ1) is 24.6. The first kappa shape index (κ1) is 36.6. The number of nitrogens with zero attached hydrogens (tertiary/aromatic N) is 1. The lowest BCUT2D eigenvalue weighted by atomic mass is 9.89. The molecule has 6 atom stereocenters. The molecule has 1 aliphatic heterocycles. The Balaban J connectivity index is 1.23. The molecular weight excluding hydrogens is 661 g/mol. The molecule has 1 fully saturated rings. The molecule has 266 valence electrons. The van der Waals surface area contributed by atoms with Crippen LogP contribution in [0.4, 0.5) is 0 Å². The summed E-state index contributed by atoms with van der Waals surface area (Å²) in [7, 11) is -1.64. The van der Waals surface area contributed by atoms with Crippen LogP contribution in [0.2, 0.25) is 0 Å². The van der Waals surface area contributed by atoms with E-state index in [2.05, 4.69) is 22.6 Å². The first-order valence-electron chi connectivity index (χ1n) is 17.3. The summed E-state index contributed by atoms with van der Waals surface area (Å²) in [5, 5.41) is 20.8. The van der Waals surface area contributed by atoms with E-state index < -0.39 is 22.4 Å². The highest BCUT2D eigenvalue weighted by Crippen LogP contribution is 2.42. The molecule has 51 heavy (non-hydrogen) atoms. The fourth-order valence-corrected chi connectivity index (χ4v) is 7.57. The van der Waals surface area contributed by atoms with Gasteiger partial charge in [-0.1, -0.05) is 116 Å². The Morgan fingerprint density at radius 1 is 0.765 bits per heavy atom. The van der Waals surface area contributed by atoms with Crippen molar-refractivity contribution in [3.05, 3.63) is 161 Å². The zero-order valence-electron chi connectivity index (χ0n) is 29.2. The Hall–Kier alpha value is -4.19. The summed E-state index contributed by atoms with van der Waals surface area (Å²) in [5.41, 5.74) is 6.27. The van der Waals surface area contributed by atoms with Gasteiger partial charge in [-0.15, -0.1) is 0 Å². The van der Waals surface area contributed by atoms with Crippen molar-refractivity contribution in [2.75, 3.05) is 13.6 Å². The maximum Gasteiger partial charge on any atom is 0.240 e. The Morgan fingerprint density at radius 3 is 2.10 bits per heavy atom. The molecule has 8 nitrogen and oxygen atoms in total. The third-order valence-electron chi connectivity index (χ3n) is 9.82. The van der Waals surface area contributed by atoms with E-state index in [1.54, 1.807) is 30.3 Å². The number of benzene rings is 5. The molecule has 5 aromatic rings. The minimum absolute atomic E-state index is 0.0238. The van der Waals surface area contributed by atoms with Crippen molar-refractivity contribution < 1.29 is 28.1 Å². The Kier molecular flexibility index (Phi) is 11.8. The van der Waals surface area contributed by atoms with Crippen molar-refractivity contribution in [1.29, 1.82) is 0 Å². The van der Waals surface area contributed by atoms with Gasteiger partial charge >= 0.3 is 0 Å². The molecule has 1 saturated heterocycles. The van der Waals surface area contributed by atoms with E-state index in [1.807, 2.05) is 111 Å². The second-order valence-electron chi connectivity index (χ2n) is 13.3. The van der Waals surface area contributed by atoms with Crippen molar-refractivity contribution in [1.82, 2.24) is 9.62 Å². The average molecular weight is 707 g/mol. The zero-order valence-corrected chi connectivity index (χ0v) is 30.0. The van der Waals surface area contributed by atoms with E-state index in [9.17, 15) is 18.6 Å². The van der Waals surface area contributed by atoms with E-state index in [0.717, 1.165) is 38.9 Å². The quantitative estimate of drug-likeness (QED) is 0.119. The summed E-state index contributed by atoms with van der Waals surface area (Å²) < 4.78 is 41.9. The zero-order chi connectivity index (χ0) is 36.0. The van der Waals surface area contributed by atoms with Crippen LogP contribution in [0, 0.1) is 5.92 Å². The minimum Gasteiger partial charge on any atom is -0.392 e. The van der Waals surface area contributed by atoms with E-state index in [0.29, 0.717) is 6.54 Å². The average Bonchev–Trinajstić information content (AvgIpc) is 3.18. The van der Waals surface area contributed by atoms with E-state index in [-0.39, 0.29) is 42.2 Å². The van der Waals surface area contributed by atoms with Crippen molar-refractivity contribution in [2.24, 2.45) is 5.92 Å². The third-order valence-corrected chi connectivity index (χ3v) is 11.2. The number of nitrogens with one attached hydrogen (secondary N) is 1. The third kappa shape index (κ3) is 8.83. The summed E-state index contributed by atoms with van der Waals surface area (Å²) >= 11 is 0. The van der Waals surface area contributed by atoms with Gasteiger partial charge in [-0.2, -0.15) is 0 Å². The van der Waals surface area contributed by atoms with Crippen LogP contribution >= 0.6 is 0 Å². The molecule has 9 heteroatoms. The van der Waals surface area contributed by atoms with Crippen LogP contribution in [0.25, 0.3) is 11.1 Å². The van der Waals surface area contributed by atoms with Crippen LogP contribution in [0.5, 0.6) is 0 Å². The molecule has 0 radical (unpaired) electrons. The summed E-state index contributed by atoms with van der Waals surface area (Å²) in [5.74, 6) is -0.0238. The van der Waals surface area contributed by atoms with Crippen molar-refractivity contribution in [2.45, 2.75) is 62.5 Å². The van der Waals surface area contributed by atoms with Crippen molar-refractivity contribution in [3.8, 4) is 11.1 Å². The molecule has 0 aromatic heterocycles. The molecule has 1 heterocycles. The number of hydrogen-bond donors (Lipinski definition) is 3. The van der Waals surface area contributed by atoms with Gasteiger partial charge < -0.3 is 19.7 Å². The molecule has 0 amide bonds. The van der Waals surface area contributed by atoms with Gasteiger partial charge in [0, 0.05) is 30.6 Å². The van der Waals surface area contributed by atoms with E-state index in [4.69, 9.17) is 9.47 Å². The van der Waals surface area contributed by atoms with Crippen LogP contribution < -0.4 is 4.72 Å². The molecule has 0 aliphatic carbocycles. The Bertz CT molecular complexity index is 1970. The topological polar surface area (TPSA) is 108 Å². The van der Waals surface area contributed by atoms with Gasteiger partial charge in [-0.3, -0.25) is 4.90 Å². The monoisotopic (exact) mass is 706 g/mol. The highest BCUT2D eigenvalue weighted by atomic mass is 32.2. The van der Waals surface area contributed by atoms with Crippen molar-refractivity contribution >= 4 is 10.0 Å². The fourth-order valence-electron chi connectivity index (χ4n) is 6.53. The van der Waals surface area contributed by atoms with Crippen LogP contribution in [0.15, 0.2) is 138 Å². The molecule has 0 saturated carbocycles. The summed E-state index contributed by atoms with van der Waals surface area (Å²) in [6, 6.07) is 41.6. The Morgan fingerprint density at radius 2 is 1.41 bits per heavy atom. The summed E-state index contributed by atoms with van der Waals surface area (Å²) in [4.78, 5) is 2.37. The van der Waals surface area contributed by atoms with Crippen LogP contribution in [0.3, 0.4) is 0 Å². The number of rotatable bonds is 13. The number of aliphatic hydroxyl groups excluding tert-OH is 2. The molecule has 0 bridgehead atoms. The van der Waals surface area contributed by atoms with E-state index >= 15 is 0 Å². The molecule has 3 N–H and O–H groups in total. The maximum atomic E-state index is 12.8. The number of aliphatic hydroxyl groups is 2. The minimum atomic E-state index is -3.65. The van der Waals surface area contributed by atoms with Gasteiger partial charge in [0.1, 0.15) is 0 Å². The lowest BCUT2D eigenvalue weighted by Gasteiger charge is -2.43. The Labute approximate surface area is 301 Å². The molecule has 1 aliphatic rings. The lowest BCUT2D eigenvalue weighted by Crippen LogP contribution is -2.46. The molecular formula is C42H46N2O6S. The lowest BCUT2D eigenvalue weighted by molar-refractivity contribution is -0.276. The van der Waals surface area contributed by atoms with E-state index in [1.165, 1.54) is 0 Å². The number of hydrogen-bond acceptors (Lipinski definition) is 7. The fraction of sp³-hybridized carbons (Fsp3) is 0.286. The number of ether oxygens (including phenoxy) is 2. The molecule has 0 spiro atoms. The highest BCUT2D eigenvalue weighted by Gasteiger charge is 2.39. The first-order valence-corrected chi connectivity index (χ1v) is 18.8.